The minimum Gasteiger partial charge on any atom is -0.406 e. The molecule has 0 spiro atoms. The van der Waals surface area contributed by atoms with Crippen molar-refractivity contribution in [3.63, 3.8) is 0 Å². The first-order valence-electron chi connectivity index (χ1n) is 7.27. The Morgan fingerprint density at radius 3 is 2.57 bits per heavy atom. The third kappa shape index (κ3) is 3.96. The van der Waals surface area contributed by atoms with Crippen LogP contribution in [-0.4, -0.2) is 16.3 Å². The van der Waals surface area contributed by atoms with Gasteiger partial charge in [0, 0.05) is 16.5 Å². The molecule has 1 aromatic carbocycles. The topological polar surface area (TPSA) is 35.0 Å². The maximum atomic E-state index is 12.2. The van der Waals surface area contributed by atoms with Gasteiger partial charge in [0.2, 0.25) is 0 Å². The predicted molar refractivity (Wildman–Crippen MR) is 81.5 cm³/mol. The number of aryl methyl sites for hydroxylation is 1. The van der Waals surface area contributed by atoms with E-state index in [4.69, 9.17) is 0 Å². The number of halogens is 3. The highest BCUT2D eigenvalue weighted by molar-refractivity contribution is 7.99. The summed E-state index contributed by atoms with van der Waals surface area (Å²) in [7, 11) is 0. The van der Waals surface area contributed by atoms with E-state index in [1.165, 1.54) is 17.7 Å². The fourth-order valence-electron chi connectivity index (χ4n) is 2.61. The van der Waals surface area contributed by atoms with Crippen LogP contribution < -0.4 is 4.74 Å². The van der Waals surface area contributed by atoms with Crippen LogP contribution in [0.1, 0.15) is 35.4 Å². The second-order valence-electron chi connectivity index (χ2n) is 5.33. The standard InChI is InChI=1S/C16H15F3N2OS/c1-10(11-5-7-12(8-6-11)22-16(17,18)19)23-15-13-3-2-4-14(13)20-9-21-15/h5-10H,2-4H2,1H3. The Labute approximate surface area is 136 Å². The van der Waals surface area contributed by atoms with Crippen molar-refractivity contribution in [1.82, 2.24) is 9.97 Å². The van der Waals surface area contributed by atoms with Crippen molar-refractivity contribution in [2.45, 2.75) is 42.8 Å². The zero-order valence-corrected chi connectivity index (χ0v) is 13.2. The molecule has 0 fully saturated rings. The molecule has 122 valence electrons. The molecular formula is C16H15F3N2OS. The Hall–Kier alpha value is -1.76. The van der Waals surface area contributed by atoms with Gasteiger partial charge < -0.3 is 4.74 Å². The van der Waals surface area contributed by atoms with Gasteiger partial charge in [-0.2, -0.15) is 0 Å². The number of rotatable bonds is 4. The van der Waals surface area contributed by atoms with Crippen LogP contribution in [0.3, 0.4) is 0 Å². The number of aromatic nitrogens is 2. The average molecular weight is 340 g/mol. The first-order chi connectivity index (χ1) is 10.9. The number of ether oxygens (including phenoxy) is 1. The van der Waals surface area contributed by atoms with Crippen LogP contribution in [0.5, 0.6) is 5.75 Å². The summed E-state index contributed by atoms with van der Waals surface area (Å²) in [6, 6.07) is 5.98. The molecule has 1 aromatic heterocycles. The molecule has 0 bridgehead atoms. The summed E-state index contributed by atoms with van der Waals surface area (Å²) in [5.74, 6) is -0.207. The summed E-state index contributed by atoms with van der Waals surface area (Å²) < 4.78 is 40.4. The average Bonchev–Trinajstić information content (AvgIpc) is 2.96. The summed E-state index contributed by atoms with van der Waals surface area (Å²) in [4.78, 5) is 8.66. The van der Waals surface area contributed by atoms with Gasteiger partial charge in [0.05, 0.1) is 0 Å². The van der Waals surface area contributed by atoms with Gasteiger partial charge in [0.25, 0.3) is 0 Å². The fourth-order valence-corrected chi connectivity index (χ4v) is 3.71. The zero-order valence-electron chi connectivity index (χ0n) is 12.4. The van der Waals surface area contributed by atoms with Crippen molar-refractivity contribution < 1.29 is 17.9 Å². The van der Waals surface area contributed by atoms with Gasteiger partial charge in [-0.15, -0.1) is 13.2 Å². The number of thioether (sulfide) groups is 1. The van der Waals surface area contributed by atoms with Gasteiger partial charge in [-0.05, 0) is 43.9 Å². The number of alkyl halides is 3. The van der Waals surface area contributed by atoms with Gasteiger partial charge in [0.1, 0.15) is 17.1 Å². The smallest absolute Gasteiger partial charge is 0.406 e. The lowest BCUT2D eigenvalue weighted by atomic mass is 10.1. The Morgan fingerprint density at radius 1 is 1.13 bits per heavy atom. The molecule has 1 aliphatic rings. The highest BCUT2D eigenvalue weighted by atomic mass is 32.2. The molecule has 3 nitrogen and oxygen atoms in total. The number of fused-ring (bicyclic) bond motifs is 1. The summed E-state index contributed by atoms with van der Waals surface area (Å²) in [5.41, 5.74) is 3.25. The molecule has 0 saturated carbocycles. The Balaban J connectivity index is 1.71. The number of benzene rings is 1. The molecule has 23 heavy (non-hydrogen) atoms. The summed E-state index contributed by atoms with van der Waals surface area (Å²) in [6.45, 7) is 2.01. The largest absolute Gasteiger partial charge is 0.573 e. The van der Waals surface area contributed by atoms with Gasteiger partial charge in [-0.1, -0.05) is 23.9 Å². The molecule has 2 aromatic rings. The van der Waals surface area contributed by atoms with Crippen LogP contribution >= 0.6 is 11.8 Å². The van der Waals surface area contributed by atoms with Crippen molar-refractivity contribution in [2.75, 3.05) is 0 Å². The third-order valence-corrected chi connectivity index (χ3v) is 4.91. The highest BCUT2D eigenvalue weighted by Gasteiger charge is 2.31. The number of hydrogen-bond acceptors (Lipinski definition) is 4. The van der Waals surface area contributed by atoms with Crippen molar-refractivity contribution in [1.29, 1.82) is 0 Å². The minimum absolute atomic E-state index is 0.0783. The second kappa shape index (κ2) is 6.39. The maximum absolute atomic E-state index is 12.2. The van der Waals surface area contributed by atoms with Gasteiger partial charge >= 0.3 is 6.36 Å². The van der Waals surface area contributed by atoms with Crippen molar-refractivity contribution in [3.05, 3.63) is 47.4 Å². The molecule has 0 aliphatic heterocycles. The van der Waals surface area contributed by atoms with Gasteiger partial charge in [-0.25, -0.2) is 9.97 Å². The normalized spacial score (nSPS) is 15.3. The lowest BCUT2D eigenvalue weighted by Crippen LogP contribution is -2.17. The first-order valence-corrected chi connectivity index (χ1v) is 8.15. The predicted octanol–water partition coefficient (Wildman–Crippen LogP) is 4.72. The molecule has 0 radical (unpaired) electrons. The van der Waals surface area contributed by atoms with E-state index >= 15 is 0 Å². The van der Waals surface area contributed by atoms with E-state index in [2.05, 4.69) is 14.7 Å². The van der Waals surface area contributed by atoms with Crippen LogP contribution in [0.25, 0.3) is 0 Å². The monoisotopic (exact) mass is 340 g/mol. The molecule has 1 heterocycles. The van der Waals surface area contributed by atoms with Crippen molar-refractivity contribution in [3.8, 4) is 5.75 Å². The van der Waals surface area contributed by atoms with E-state index in [0.717, 1.165) is 35.5 Å². The molecule has 7 heteroatoms. The van der Waals surface area contributed by atoms with Gasteiger partial charge in [-0.3, -0.25) is 0 Å². The van der Waals surface area contributed by atoms with Crippen LogP contribution in [-0.2, 0) is 12.8 Å². The van der Waals surface area contributed by atoms with E-state index in [1.54, 1.807) is 30.2 Å². The fraction of sp³-hybridized carbons (Fsp3) is 0.375. The van der Waals surface area contributed by atoms with Gasteiger partial charge in [0.15, 0.2) is 0 Å². The summed E-state index contributed by atoms with van der Waals surface area (Å²) >= 11 is 1.61. The first kappa shape index (κ1) is 16.1. The van der Waals surface area contributed by atoms with Crippen molar-refractivity contribution >= 4 is 11.8 Å². The molecule has 0 N–H and O–H groups in total. The molecule has 1 unspecified atom stereocenters. The molecule has 1 aliphatic carbocycles. The molecule has 0 amide bonds. The molecule has 3 rings (SSSR count). The van der Waals surface area contributed by atoms with E-state index in [1.807, 2.05) is 6.92 Å². The SMILES string of the molecule is CC(Sc1ncnc2c1CCC2)c1ccc(OC(F)(F)F)cc1. The molecule has 1 atom stereocenters. The van der Waals surface area contributed by atoms with E-state index in [9.17, 15) is 13.2 Å². The summed E-state index contributed by atoms with van der Waals surface area (Å²) in [6.07, 6.45) is -0.00478. The number of nitrogens with zero attached hydrogens (tertiary/aromatic N) is 2. The molecule has 0 saturated heterocycles. The van der Waals surface area contributed by atoms with Crippen molar-refractivity contribution in [2.24, 2.45) is 0 Å². The lowest BCUT2D eigenvalue weighted by molar-refractivity contribution is -0.274. The molecular weight excluding hydrogens is 325 g/mol. The van der Waals surface area contributed by atoms with Crippen LogP contribution in [0.15, 0.2) is 35.6 Å². The quantitative estimate of drug-likeness (QED) is 0.596. The Kier molecular flexibility index (Phi) is 4.48. The van der Waals surface area contributed by atoms with E-state index < -0.39 is 6.36 Å². The number of hydrogen-bond donors (Lipinski definition) is 0. The summed E-state index contributed by atoms with van der Waals surface area (Å²) in [5, 5.41) is 1.05. The van der Waals surface area contributed by atoms with Crippen LogP contribution in [0.2, 0.25) is 0 Å². The zero-order chi connectivity index (χ0) is 16.4. The Morgan fingerprint density at radius 2 is 1.87 bits per heavy atom. The minimum atomic E-state index is -4.66. The Bertz CT molecular complexity index is 689. The van der Waals surface area contributed by atoms with Crippen LogP contribution in [0, 0.1) is 0 Å². The van der Waals surface area contributed by atoms with E-state index in [0.29, 0.717) is 0 Å². The second-order valence-corrected chi connectivity index (χ2v) is 6.66. The third-order valence-electron chi connectivity index (χ3n) is 3.71. The maximum Gasteiger partial charge on any atom is 0.573 e. The van der Waals surface area contributed by atoms with E-state index in [-0.39, 0.29) is 11.0 Å². The van der Waals surface area contributed by atoms with Crippen LogP contribution in [0.4, 0.5) is 13.2 Å². The lowest BCUT2D eigenvalue weighted by Gasteiger charge is -2.14. The highest BCUT2D eigenvalue weighted by Crippen LogP contribution is 2.38.